The van der Waals surface area contributed by atoms with E-state index in [4.69, 9.17) is 5.73 Å². The van der Waals surface area contributed by atoms with Gasteiger partial charge >= 0.3 is 0 Å². The third-order valence-electron chi connectivity index (χ3n) is 5.35. The molecule has 0 spiro atoms. The lowest BCUT2D eigenvalue weighted by Crippen LogP contribution is -2.42. The molecule has 3 N–H and O–H groups in total. The molecule has 0 bridgehead atoms. The number of nitrogens with one attached hydrogen (secondary N) is 1. The lowest BCUT2D eigenvalue weighted by atomic mass is 9.84. The van der Waals surface area contributed by atoms with E-state index in [1.807, 2.05) is 0 Å². The smallest absolute Gasteiger partial charge is 0.267 e. The van der Waals surface area contributed by atoms with Gasteiger partial charge in [0.1, 0.15) is 17.6 Å². The quantitative estimate of drug-likeness (QED) is 0.845. The Bertz CT molecular complexity index is 696. The number of nitrogens with zero attached hydrogens (tertiary/aromatic N) is 2. The highest BCUT2D eigenvalue weighted by atomic mass is 19.1. The molecule has 3 rings (SSSR count). The highest BCUT2D eigenvalue weighted by molar-refractivity contribution is 6.40. The van der Waals surface area contributed by atoms with Gasteiger partial charge in [0.05, 0.1) is 5.69 Å². The van der Waals surface area contributed by atoms with Crippen molar-refractivity contribution in [3.05, 3.63) is 30.1 Å². The van der Waals surface area contributed by atoms with Gasteiger partial charge in [-0.2, -0.15) is 5.10 Å². The fourth-order valence-corrected chi connectivity index (χ4v) is 3.68. The van der Waals surface area contributed by atoms with Gasteiger partial charge in [-0.05, 0) is 55.9 Å². The first-order chi connectivity index (χ1) is 12.5. The Hall–Kier alpha value is -2.44. The number of anilines is 1. The zero-order valence-corrected chi connectivity index (χ0v) is 15.0. The number of hydrazone groups is 1. The van der Waals surface area contributed by atoms with E-state index >= 15 is 0 Å². The van der Waals surface area contributed by atoms with Crippen LogP contribution in [-0.4, -0.2) is 29.6 Å². The maximum atomic E-state index is 13.1. The van der Waals surface area contributed by atoms with Crippen LogP contribution in [0.1, 0.15) is 45.4 Å². The molecule has 1 heterocycles. The molecule has 6 nitrogen and oxygen atoms in total. The van der Waals surface area contributed by atoms with Crippen LogP contribution >= 0.6 is 0 Å². The van der Waals surface area contributed by atoms with Crippen molar-refractivity contribution < 1.29 is 14.0 Å². The Balaban J connectivity index is 1.69. The number of amides is 2. The van der Waals surface area contributed by atoms with Crippen LogP contribution in [-0.2, 0) is 9.59 Å². The standard InChI is InChI=1S/C19H25FN4O2/c1-2-12-3-7-14(8-4-12)22-19(26)16-11-17(18(21)25)24(23-16)15-9-5-13(20)6-10-15/h5-6,9-10,12,14,17H,2-4,7-8,11H2,1H3,(H2,21,25)(H,22,26). The summed E-state index contributed by atoms with van der Waals surface area (Å²) in [6, 6.07) is 5.01. The van der Waals surface area contributed by atoms with Gasteiger partial charge < -0.3 is 11.1 Å². The number of carbonyl (C=O) groups excluding carboxylic acids is 2. The first-order valence-corrected chi connectivity index (χ1v) is 9.20. The zero-order chi connectivity index (χ0) is 18.7. The van der Waals surface area contributed by atoms with Crippen molar-refractivity contribution in [2.75, 3.05) is 5.01 Å². The summed E-state index contributed by atoms with van der Waals surface area (Å²) in [6.07, 6.45) is 5.53. The summed E-state index contributed by atoms with van der Waals surface area (Å²) in [6.45, 7) is 2.20. The van der Waals surface area contributed by atoms with Crippen LogP contribution in [0.5, 0.6) is 0 Å². The second-order valence-corrected chi connectivity index (χ2v) is 7.09. The Morgan fingerprint density at radius 1 is 1.23 bits per heavy atom. The average Bonchev–Trinajstić information content (AvgIpc) is 3.09. The third kappa shape index (κ3) is 4.03. The third-order valence-corrected chi connectivity index (χ3v) is 5.35. The fraction of sp³-hybridized carbons (Fsp3) is 0.526. The van der Waals surface area contributed by atoms with Gasteiger partial charge in [0.25, 0.3) is 5.91 Å². The van der Waals surface area contributed by atoms with Gasteiger partial charge in [-0.3, -0.25) is 14.6 Å². The summed E-state index contributed by atoms with van der Waals surface area (Å²) in [7, 11) is 0. The SMILES string of the molecule is CCC1CCC(NC(=O)C2=NN(c3ccc(F)cc3)C(C(N)=O)C2)CC1. The number of hydrogen-bond donors (Lipinski definition) is 2. The number of primary amides is 1. The number of rotatable bonds is 5. The molecule has 1 aliphatic heterocycles. The fourth-order valence-electron chi connectivity index (χ4n) is 3.68. The monoisotopic (exact) mass is 360 g/mol. The van der Waals surface area contributed by atoms with Gasteiger partial charge in [0.15, 0.2) is 0 Å². The maximum Gasteiger partial charge on any atom is 0.267 e. The minimum Gasteiger partial charge on any atom is -0.368 e. The summed E-state index contributed by atoms with van der Waals surface area (Å²) in [5.74, 6) is -0.446. The van der Waals surface area contributed by atoms with Crippen LogP contribution in [0, 0.1) is 11.7 Å². The summed E-state index contributed by atoms with van der Waals surface area (Å²) in [5, 5.41) is 8.75. The molecule has 2 amide bonds. The van der Waals surface area contributed by atoms with Gasteiger partial charge in [0.2, 0.25) is 5.91 Å². The predicted molar refractivity (Wildman–Crippen MR) is 98.1 cm³/mol. The molecule has 2 aliphatic rings. The Kier molecular flexibility index (Phi) is 5.54. The van der Waals surface area contributed by atoms with Crippen LogP contribution in [0.25, 0.3) is 0 Å². The molecule has 0 saturated heterocycles. The predicted octanol–water partition coefficient (Wildman–Crippen LogP) is 2.33. The minimum atomic E-state index is -0.739. The van der Waals surface area contributed by atoms with Gasteiger partial charge in [-0.15, -0.1) is 0 Å². The summed E-state index contributed by atoms with van der Waals surface area (Å²) in [4.78, 5) is 24.4. The van der Waals surface area contributed by atoms with E-state index in [0.717, 1.165) is 31.6 Å². The Labute approximate surface area is 152 Å². The van der Waals surface area contributed by atoms with Crippen molar-refractivity contribution in [3.8, 4) is 0 Å². The highest BCUT2D eigenvalue weighted by Gasteiger charge is 2.35. The molecule has 1 fully saturated rings. The van der Waals surface area contributed by atoms with Crippen LogP contribution in [0.3, 0.4) is 0 Å². The van der Waals surface area contributed by atoms with Crippen LogP contribution < -0.4 is 16.1 Å². The molecule has 1 aromatic rings. The molecule has 0 aromatic heterocycles. The molecule has 0 radical (unpaired) electrons. The first kappa shape index (κ1) is 18.4. The van der Waals surface area contributed by atoms with Crippen LogP contribution in [0.4, 0.5) is 10.1 Å². The number of nitrogens with two attached hydrogens (primary N) is 1. The normalized spacial score (nSPS) is 25.7. The number of hydrogen-bond acceptors (Lipinski definition) is 4. The van der Waals surface area contributed by atoms with E-state index in [2.05, 4.69) is 17.3 Å². The average molecular weight is 360 g/mol. The zero-order valence-electron chi connectivity index (χ0n) is 15.0. The number of carbonyl (C=O) groups is 2. The van der Waals surface area contributed by atoms with E-state index in [-0.39, 0.29) is 29.9 Å². The van der Waals surface area contributed by atoms with Crippen molar-refractivity contribution in [1.29, 1.82) is 0 Å². The summed E-state index contributed by atoms with van der Waals surface area (Å²) >= 11 is 0. The van der Waals surface area contributed by atoms with E-state index in [1.165, 1.54) is 35.7 Å². The summed E-state index contributed by atoms with van der Waals surface area (Å²) < 4.78 is 13.1. The highest BCUT2D eigenvalue weighted by Crippen LogP contribution is 2.27. The Morgan fingerprint density at radius 2 is 1.88 bits per heavy atom. The van der Waals surface area contributed by atoms with Crippen molar-refractivity contribution in [2.45, 2.75) is 57.5 Å². The molecule has 1 unspecified atom stereocenters. The van der Waals surface area contributed by atoms with E-state index in [1.54, 1.807) is 0 Å². The first-order valence-electron chi connectivity index (χ1n) is 9.20. The van der Waals surface area contributed by atoms with Gasteiger partial charge in [-0.25, -0.2) is 4.39 Å². The van der Waals surface area contributed by atoms with Crippen molar-refractivity contribution in [3.63, 3.8) is 0 Å². The lowest BCUT2D eigenvalue weighted by Gasteiger charge is -2.28. The van der Waals surface area contributed by atoms with Crippen molar-refractivity contribution >= 4 is 23.2 Å². The molecule has 1 aromatic carbocycles. The second kappa shape index (κ2) is 7.85. The largest absolute Gasteiger partial charge is 0.368 e. The lowest BCUT2D eigenvalue weighted by molar-refractivity contribution is -0.119. The van der Waals surface area contributed by atoms with Gasteiger partial charge in [0, 0.05) is 12.5 Å². The summed E-state index contributed by atoms with van der Waals surface area (Å²) in [5.41, 5.74) is 6.29. The second-order valence-electron chi connectivity index (χ2n) is 7.09. The van der Waals surface area contributed by atoms with Crippen molar-refractivity contribution in [2.24, 2.45) is 16.8 Å². The molecule has 1 saturated carbocycles. The van der Waals surface area contributed by atoms with Crippen LogP contribution in [0.15, 0.2) is 29.4 Å². The molecule has 26 heavy (non-hydrogen) atoms. The van der Waals surface area contributed by atoms with Gasteiger partial charge in [-0.1, -0.05) is 13.3 Å². The Morgan fingerprint density at radius 3 is 2.46 bits per heavy atom. The number of benzene rings is 1. The maximum absolute atomic E-state index is 13.1. The van der Waals surface area contributed by atoms with E-state index in [9.17, 15) is 14.0 Å². The van der Waals surface area contributed by atoms with Crippen LogP contribution in [0.2, 0.25) is 0 Å². The molecular formula is C19H25FN4O2. The molecule has 1 atom stereocenters. The molecule has 7 heteroatoms. The molecule has 140 valence electrons. The van der Waals surface area contributed by atoms with E-state index in [0.29, 0.717) is 5.69 Å². The molecule has 1 aliphatic carbocycles. The topological polar surface area (TPSA) is 87.8 Å². The number of halogens is 1. The van der Waals surface area contributed by atoms with Crippen molar-refractivity contribution in [1.82, 2.24) is 5.32 Å². The molecular weight excluding hydrogens is 335 g/mol. The van der Waals surface area contributed by atoms with E-state index < -0.39 is 11.9 Å². The minimum absolute atomic E-state index is 0.153.